The largest absolute Gasteiger partial charge is 0.379 e. The van der Waals surface area contributed by atoms with Gasteiger partial charge in [0.1, 0.15) is 0 Å². The fourth-order valence-electron chi connectivity index (χ4n) is 2.62. The van der Waals surface area contributed by atoms with Crippen molar-refractivity contribution in [3.05, 3.63) is 23.2 Å². The van der Waals surface area contributed by atoms with Crippen LogP contribution < -0.4 is 10.6 Å². The van der Waals surface area contributed by atoms with Gasteiger partial charge < -0.3 is 15.4 Å². The number of rotatable bonds is 9. The van der Waals surface area contributed by atoms with E-state index in [4.69, 9.17) is 16.3 Å². The number of nitrogens with one attached hydrogen (secondary N) is 2. The van der Waals surface area contributed by atoms with E-state index in [1.54, 1.807) is 0 Å². The molecule has 1 aliphatic heterocycles. The van der Waals surface area contributed by atoms with E-state index in [-0.39, 0.29) is 28.1 Å². The van der Waals surface area contributed by atoms with Crippen molar-refractivity contribution in [2.24, 2.45) is 0 Å². The zero-order valence-electron chi connectivity index (χ0n) is 15.7. The summed E-state index contributed by atoms with van der Waals surface area (Å²) in [7, 11) is -0.698. The monoisotopic (exact) mass is 418 g/mol. The molecule has 152 valence electrons. The Hall–Kier alpha value is -1.23. The van der Waals surface area contributed by atoms with E-state index in [0.717, 1.165) is 43.6 Å². The molecule has 2 N–H and O–H groups in total. The van der Waals surface area contributed by atoms with Crippen LogP contribution in [0.3, 0.4) is 0 Å². The van der Waals surface area contributed by atoms with Crippen molar-refractivity contribution in [2.75, 3.05) is 65.3 Å². The smallest absolute Gasteiger partial charge is 0.242 e. The Morgan fingerprint density at radius 2 is 2.00 bits per heavy atom. The summed E-state index contributed by atoms with van der Waals surface area (Å²) in [6.45, 7) is 5.26. The van der Waals surface area contributed by atoms with E-state index >= 15 is 0 Å². The van der Waals surface area contributed by atoms with Gasteiger partial charge in [0.05, 0.1) is 35.4 Å². The van der Waals surface area contributed by atoms with Crippen LogP contribution in [0.2, 0.25) is 5.02 Å². The highest BCUT2D eigenvalue weighted by molar-refractivity contribution is 7.89. The summed E-state index contributed by atoms with van der Waals surface area (Å²) < 4.78 is 30.8. The Morgan fingerprint density at radius 1 is 1.30 bits per heavy atom. The minimum atomic E-state index is -3.59. The highest BCUT2D eigenvalue weighted by Gasteiger charge is 2.19. The van der Waals surface area contributed by atoms with Gasteiger partial charge in [-0.15, -0.1) is 0 Å². The van der Waals surface area contributed by atoms with Crippen molar-refractivity contribution in [1.29, 1.82) is 0 Å². The van der Waals surface area contributed by atoms with Crippen molar-refractivity contribution in [3.8, 4) is 0 Å². The van der Waals surface area contributed by atoms with Gasteiger partial charge in [-0.05, 0) is 37.7 Å². The third-order valence-electron chi connectivity index (χ3n) is 4.21. The van der Waals surface area contributed by atoms with E-state index in [0.29, 0.717) is 6.54 Å². The predicted molar refractivity (Wildman–Crippen MR) is 106 cm³/mol. The Kier molecular flexibility index (Phi) is 8.46. The number of nitrogens with zero attached hydrogens (tertiary/aromatic N) is 2. The molecule has 8 nitrogen and oxygen atoms in total. The van der Waals surface area contributed by atoms with Crippen LogP contribution in [0.25, 0.3) is 0 Å². The number of amides is 1. The third kappa shape index (κ3) is 6.70. The van der Waals surface area contributed by atoms with Crippen molar-refractivity contribution in [1.82, 2.24) is 14.5 Å². The normalized spacial score (nSPS) is 15.9. The fraction of sp³-hybridized carbons (Fsp3) is 0.588. The number of carbonyl (C=O) groups excluding carboxylic acids is 1. The van der Waals surface area contributed by atoms with Gasteiger partial charge in [0, 0.05) is 27.2 Å². The van der Waals surface area contributed by atoms with Crippen LogP contribution in [0, 0.1) is 0 Å². The zero-order valence-corrected chi connectivity index (χ0v) is 17.3. The lowest BCUT2D eigenvalue weighted by Crippen LogP contribution is -2.38. The molecule has 27 heavy (non-hydrogen) atoms. The summed E-state index contributed by atoms with van der Waals surface area (Å²) in [4.78, 5) is 14.5. The molecule has 0 atom stereocenters. The summed E-state index contributed by atoms with van der Waals surface area (Å²) in [5.41, 5.74) is 0.278. The van der Waals surface area contributed by atoms with Crippen LogP contribution in [-0.4, -0.2) is 83.6 Å². The van der Waals surface area contributed by atoms with Gasteiger partial charge in [-0.1, -0.05) is 11.6 Å². The summed E-state index contributed by atoms with van der Waals surface area (Å²) in [6.07, 6.45) is 0.935. The number of halogens is 1. The van der Waals surface area contributed by atoms with Crippen molar-refractivity contribution in [2.45, 2.75) is 11.3 Å². The van der Waals surface area contributed by atoms with Gasteiger partial charge in [0.2, 0.25) is 15.9 Å². The van der Waals surface area contributed by atoms with Crippen molar-refractivity contribution < 1.29 is 17.9 Å². The standard InChI is InChI=1S/C17H27ClN4O4S/c1-21(2)27(24,25)14-4-5-15(18)16(12-14)20-17(23)13-19-6-3-7-22-8-10-26-11-9-22/h4-5,12,19H,3,6-11,13H2,1-2H3,(H,20,23). The van der Waals surface area contributed by atoms with E-state index in [1.807, 2.05) is 0 Å². The first-order valence-electron chi connectivity index (χ1n) is 8.83. The lowest BCUT2D eigenvalue weighted by molar-refractivity contribution is -0.115. The van der Waals surface area contributed by atoms with E-state index in [9.17, 15) is 13.2 Å². The van der Waals surface area contributed by atoms with Gasteiger partial charge in [0.25, 0.3) is 0 Å². The van der Waals surface area contributed by atoms with Gasteiger partial charge >= 0.3 is 0 Å². The van der Waals surface area contributed by atoms with E-state index in [1.165, 1.54) is 32.3 Å². The van der Waals surface area contributed by atoms with Crippen LogP contribution in [0.4, 0.5) is 5.69 Å². The van der Waals surface area contributed by atoms with E-state index < -0.39 is 10.0 Å². The Bertz CT molecular complexity index is 736. The number of carbonyl (C=O) groups is 1. The second kappa shape index (κ2) is 10.4. The van der Waals surface area contributed by atoms with Crippen LogP contribution >= 0.6 is 11.6 Å². The lowest BCUT2D eigenvalue weighted by atomic mass is 10.3. The molecule has 0 radical (unpaired) electrons. The average Bonchev–Trinajstić information content (AvgIpc) is 2.64. The molecule has 1 fully saturated rings. The van der Waals surface area contributed by atoms with Gasteiger partial charge in [-0.25, -0.2) is 12.7 Å². The third-order valence-corrected chi connectivity index (χ3v) is 6.35. The Morgan fingerprint density at radius 3 is 2.67 bits per heavy atom. The van der Waals surface area contributed by atoms with Crippen LogP contribution in [0.1, 0.15) is 6.42 Å². The van der Waals surface area contributed by atoms with Gasteiger partial charge in [0.15, 0.2) is 0 Å². The number of anilines is 1. The Balaban J connectivity index is 1.79. The summed E-state index contributed by atoms with van der Waals surface area (Å²) in [5, 5.41) is 6.03. The highest BCUT2D eigenvalue weighted by Crippen LogP contribution is 2.26. The van der Waals surface area contributed by atoms with Crippen molar-refractivity contribution >= 4 is 33.2 Å². The second-order valence-corrected chi connectivity index (χ2v) is 9.02. The van der Waals surface area contributed by atoms with E-state index in [2.05, 4.69) is 15.5 Å². The molecular formula is C17H27ClN4O4S. The van der Waals surface area contributed by atoms with Crippen LogP contribution in [0.5, 0.6) is 0 Å². The van der Waals surface area contributed by atoms with Crippen molar-refractivity contribution in [3.63, 3.8) is 0 Å². The molecular weight excluding hydrogens is 392 g/mol. The van der Waals surface area contributed by atoms with Gasteiger partial charge in [-0.3, -0.25) is 9.69 Å². The molecule has 1 heterocycles. The molecule has 0 saturated carbocycles. The fourth-order valence-corrected chi connectivity index (χ4v) is 3.71. The first-order chi connectivity index (χ1) is 12.8. The molecule has 0 spiro atoms. The molecule has 0 bridgehead atoms. The maximum atomic E-state index is 12.2. The number of hydrogen-bond donors (Lipinski definition) is 2. The second-order valence-electron chi connectivity index (χ2n) is 6.46. The van der Waals surface area contributed by atoms with Crippen LogP contribution in [0.15, 0.2) is 23.1 Å². The summed E-state index contributed by atoms with van der Waals surface area (Å²) in [6, 6.07) is 4.24. The topological polar surface area (TPSA) is 91.0 Å². The molecule has 0 aromatic heterocycles. The first kappa shape index (κ1) is 22.1. The molecule has 1 aliphatic rings. The minimum Gasteiger partial charge on any atom is -0.379 e. The Labute approximate surface area is 165 Å². The first-order valence-corrected chi connectivity index (χ1v) is 10.7. The molecule has 0 aliphatic carbocycles. The summed E-state index contributed by atoms with van der Waals surface area (Å²) >= 11 is 6.08. The van der Waals surface area contributed by atoms with Crippen LogP contribution in [-0.2, 0) is 19.6 Å². The maximum absolute atomic E-state index is 12.2. The zero-order chi connectivity index (χ0) is 19.9. The number of ether oxygens (including phenoxy) is 1. The molecule has 1 amide bonds. The highest BCUT2D eigenvalue weighted by atomic mass is 35.5. The number of sulfonamides is 1. The number of benzene rings is 1. The lowest BCUT2D eigenvalue weighted by Gasteiger charge is -2.26. The maximum Gasteiger partial charge on any atom is 0.242 e. The average molecular weight is 419 g/mol. The number of hydrogen-bond acceptors (Lipinski definition) is 6. The molecule has 0 unspecified atom stereocenters. The summed E-state index contributed by atoms with van der Waals surface area (Å²) in [5.74, 6) is -0.275. The van der Waals surface area contributed by atoms with Gasteiger partial charge in [-0.2, -0.15) is 0 Å². The molecule has 1 aromatic carbocycles. The number of morpholine rings is 1. The minimum absolute atomic E-state index is 0.0747. The molecule has 1 saturated heterocycles. The predicted octanol–water partition coefficient (Wildman–Crippen LogP) is 0.841. The molecule has 2 rings (SSSR count). The molecule has 1 aromatic rings. The quantitative estimate of drug-likeness (QED) is 0.577. The SMILES string of the molecule is CN(C)S(=O)(=O)c1ccc(Cl)c(NC(=O)CNCCCN2CCOCC2)c1. The molecule has 10 heteroatoms.